The summed E-state index contributed by atoms with van der Waals surface area (Å²) in [5, 5.41) is 0. The second-order valence-corrected chi connectivity index (χ2v) is 10.4. The highest BCUT2D eigenvalue weighted by Gasteiger charge is 2.33. The molecule has 1 aliphatic heterocycles. The Labute approximate surface area is 214 Å². The number of aromatic nitrogens is 1. The lowest BCUT2D eigenvalue weighted by Gasteiger charge is -2.25. The molecule has 35 heavy (non-hydrogen) atoms. The molecule has 0 aliphatic carbocycles. The Morgan fingerprint density at radius 1 is 1.29 bits per heavy atom. The molecule has 2 aromatic heterocycles. The van der Waals surface area contributed by atoms with Crippen LogP contribution in [0.2, 0.25) is 0 Å². The van der Waals surface area contributed by atoms with Crippen LogP contribution in [0, 0.1) is 0 Å². The number of benzene rings is 1. The summed E-state index contributed by atoms with van der Waals surface area (Å²) >= 11 is 4.73. The van der Waals surface area contributed by atoms with Gasteiger partial charge in [-0.25, -0.2) is 9.79 Å². The van der Waals surface area contributed by atoms with Crippen molar-refractivity contribution in [2.75, 3.05) is 26.1 Å². The molecule has 4 rings (SSSR count). The van der Waals surface area contributed by atoms with Crippen LogP contribution in [-0.2, 0) is 9.53 Å². The average Bonchev–Trinajstić information content (AvgIpc) is 3.31. The summed E-state index contributed by atoms with van der Waals surface area (Å²) in [5.74, 6) is 1.35. The van der Waals surface area contributed by atoms with Gasteiger partial charge in [0.1, 0.15) is 11.5 Å². The molecule has 8 nitrogen and oxygen atoms in total. The molecule has 10 heteroatoms. The Balaban J connectivity index is 1.91. The van der Waals surface area contributed by atoms with Crippen LogP contribution >= 0.6 is 27.3 Å². The largest absolute Gasteiger partial charge is 0.497 e. The highest BCUT2D eigenvalue weighted by Crippen LogP contribution is 2.32. The first-order valence-electron chi connectivity index (χ1n) is 10.9. The van der Waals surface area contributed by atoms with Gasteiger partial charge in [0.05, 0.1) is 39.5 Å². The van der Waals surface area contributed by atoms with Gasteiger partial charge in [0, 0.05) is 26.2 Å². The predicted octanol–water partition coefficient (Wildman–Crippen LogP) is 3.62. The van der Waals surface area contributed by atoms with Gasteiger partial charge < -0.3 is 18.8 Å². The molecule has 0 spiro atoms. The van der Waals surface area contributed by atoms with E-state index in [1.165, 1.54) is 11.3 Å². The van der Waals surface area contributed by atoms with Crippen LogP contribution in [0.4, 0.5) is 5.88 Å². The second kappa shape index (κ2) is 9.87. The van der Waals surface area contributed by atoms with E-state index >= 15 is 0 Å². The first-order chi connectivity index (χ1) is 16.6. The lowest BCUT2D eigenvalue weighted by atomic mass is 9.96. The van der Waals surface area contributed by atoms with Crippen LogP contribution in [0.25, 0.3) is 6.08 Å². The van der Waals surface area contributed by atoms with Gasteiger partial charge >= 0.3 is 5.97 Å². The van der Waals surface area contributed by atoms with Crippen LogP contribution in [-0.4, -0.2) is 37.8 Å². The summed E-state index contributed by atoms with van der Waals surface area (Å²) in [4.78, 5) is 33.7. The molecule has 0 saturated carbocycles. The third-order valence-corrected chi connectivity index (χ3v) is 6.93. The zero-order valence-corrected chi connectivity index (χ0v) is 22.7. The summed E-state index contributed by atoms with van der Waals surface area (Å²) in [6.45, 7) is 5.33. The maximum Gasteiger partial charge on any atom is 0.338 e. The number of hydrogen-bond acceptors (Lipinski definition) is 8. The summed E-state index contributed by atoms with van der Waals surface area (Å²) in [5.41, 5.74) is 1.33. The van der Waals surface area contributed by atoms with E-state index in [-0.39, 0.29) is 11.7 Å². The number of anilines is 1. The van der Waals surface area contributed by atoms with Crippen molar-refractivity contribution in [3.8, 4) is 5.75 Å². The van der Waals surface area contributed by atoms with Gasteiger partial charge in [-0.2, -0.15) is 0 Å². The minimum absolute atomic E-state index is 0.268. The molecule has 0 fully saturated rings. The van der Waals surface area contributed by atoms with Gasteiger partial charge in [-0.05, 0) is 54.4 Å². The van der Waals surface area contributed by atoms with Gasteiger partial charge in [-0.15, -0.1) is 0 Å². The summed E-state index contributed by atoms with van der Waals surface area (Å²) in [6, 6.07) is 8.41. The van der Waals surface area contributed by atoms with E-state index in [2.05, 4.69) is 20.9 Å². The number of fused-ring (bicyclic) bond motifs is 1. The number of esters is 1. The van der Waals surface area contributed by atoms with Gasteiger partial charge in [-0.1, -0.05) is 23.5 Å². The molecule has 1 aromatic carbocycles. The third kappa shape index (κ3) is 4.85. The number of hydrogen-bond donors (Lipinski definition) is 0. The van der Waals surface area contributed by atoms with E-state index in [1.54, 1.807) is 50.7 Å². The van der Waals surface area contributed by atoms with E-state index < -0.39 is 12.0 Å². The van der Waals surface area contributed by atoms with E-state index in [4.69, 9.17) is 13.9 Å². The monoisotopic (exact) mass is 559 g/mol. The summed E-state index contributed by atoms with van der Waals surface area (Å²) in [7, 11) is 5.33. The molecule has 1 atom stereocenters. The van der Waals surface area contributed by atoms with Crippen molar-refractivity contribution in [1.29, 1.82) is 0 Å². The minimum atomic E-state index is -0.689. The molecular formula is C25H26BrN3O5S. The molecule has 0 N–H and O–H groups in total. The minimum Gasteiger partial charge on any atom is -0.497 e. The zero-order valence-electron chi connectivity index (χ0n) is 20.3. The van der Waals surface area contributed by atoms with Gasteiger partial charge in [0.2, 0.25) is 5.88 Å². The molecule has 0 unspecified atom stereocenters. The number of ether oxygens (including phenoxy) is 2. The Morgan fingerprint density at radius 2 is 1.97 bits per heavy atom. The van der Waals surface area contributed by atoms with Crippen molar-refractivity contribution in [3.63, 3.8) is 0 Å². The quantitative estimate of drug-likeness (QED) is 0.429. The number of carbonyl (C=O) groups is 1. The number of halogens is 1. The Bertz CT molecular complexity index is 1480. The molecule has 0 bridgehead atoms. The van der Waals surface area contributed by atoms with Crippen LogP contribution < -0.4 is 24.5 Å². The molecule has 3 heterocycles. The van der Waals surface area contributed by atoms with Crippen molar-refractivity contribution in [1.82, 2.24) is 4.57 Å². The number of rotatable bonds is 6. The van der Waals surface area contributed by atoms with Crippen LogP contribution in [0.3, 0.4) is 0 Å². The number of furan rings is 1. The molecule has 184 valence electrons. The van der Waals surface area contributed by atoms with Gasteiger partial charge in [0.25, 0.3) is 5.56 Å². The lowest BCUT2D eigenvalue weighted by Crippen LogP contribution is -2.40. The van der Waals surface area contributed by atoms with Gasteiger partial charge in [-0.3, -0.25) is 9.36 Å². The molecule has 0 radical (unpaired) electrons. The number of carbonyl (C=O) groups excluding carboxylic acids is 1. The molecule has 1 aliphatic rings. The summed E-state index contributed by atoms with van der Waals surface area (Å²) in [6.07, 6.45) is 1.38. The number of allylic oxidation sites excluding steroid dienone is 1. The van der Waals surface area contributed by atoms with E-state index in [1.807, 2.05) is 37.2 Å². The molecule has 3 aromatic rings. The highest BCUT2D eigenvalue weighted by molar-refractivity contribution is 9.10. The first-order valence-corrected chi connectivity index (χ1v) is 12.6. The molecular weight excluding hydrogens is 534 g/mol. The third-order valence-electron chi connectivity index (χ3n) is 5.38. The number of nitrogens with zero attached hydrogens (tertiary/aromatic N) is 3. The smallest absolute Gasteiger partial charge is 0.338 e. The fraction of sp³-hybridized carbons (Fsp3) is 0.320. The maximum atomic E-state index is 13.7. The Morgan fingerprint density at radius 3 is 2.54 bits per heavy atom. The average molecular weight is 560 g/mol. The number of thiazole rings is 1. The standard InChI is InChI=1S/C25H26BrN3O5S/c1-13(2)33-24(31)20-14(3)27-25-29(21(20)15-7-9-16(32-6)10-8-15)22(30)19(35-25)12-17-11-18(26)23(34-17)28(4)5/h7-13,21H,1-6H3/b19-12+/t21-/m0/s1. The number of methoxy groups -OCH3 is 1. The maximum absolute atomic E-state index is 13.7. The Kier molecular flexibility index (Phi) is 7.05. The van der Waals surface area contributed by atoms with E-state index in [0.717, 1.165) is 10.0 Å². The van der Waals surface area contributed by atoms with Crippen LogP contribution in [0.5, 0.6) is 5.75 Å². The highest BCUT2D eigenvalue weighted by atomic mass is 79.9. The van der Waals surface area contributed by atoms with Crippen LogP contribution in [0.1, 0.15) is 38.1 Å². The fourth-order valence-corrected chi connectivity index (χ4v) is 5.53. The van der Waals surface area contributed by atoms with Crippen molar-refractivity contribution in [2.45, 2.75) is 32.9 Å². The van der Waals surface area contributed by atoms with Crippen LogP contribution in [0.15, 0.2) is 60.3 Å². The molecule has 0 amide bonds. The van der Waals surface area contributed by atoms with E-state index in [0.29, 0.717) is 38.0 Å². The second-order valence-electron chi connectivity index (χ2n) is 8.51. The SMILES string of the molecule is COc1ccc([C@H]2C(C(=O)OC(C)C)=C(C)N=c3s/c(=C/c4cc(Br)c(N(C)C)o4)c(=O)n32)cc1. The van der Waals surface area contributed by atoms with Crippen molar-refractivity contribution >= 4 is 45.2 Å². The summed E-state index contributed by atoms with van der Waals surface area (Å²) < 4.78 is 19.5. The topological polar surface area (TPSA) is 86.3 Å². The Hall–Kier alpha value is -3.11. The lowest BCUT2D eigenvalue weighted by molar-refractivity contribution is -0.143. The van der Waals surface area contributed by atoms with Crippen molar-refractivity contribution in [2.24, 2.45) is 4.99 Å². The van der Waals surface area contributed by atoms with Crippen molar-refractivity contribution in [3.05, 3.63) is 77.1 Å². The normalized spacial score (nSPS) is 15.8. The van der Waals surface area contributed by atoms with Gasteiger partial charge in [0.15, 0.2) is 4.80 Å². The predicted molar refractivity (Wildman–Crippen MR) is 139 cm³/mol. The zero-order chi connectivity index (χ0) is 25.4. The molecule has 0 saturated heterocycles. The van der Waals surface area contributed by atoms with Crippen molar-refractivity contribution < 1.29 is 18.7 Å². The first kappa shape index (κ1) is 25.0. The van der Waals surface area contributed by atoms with E-state index in [9.17, 15) is 9.59 Å². The fourth-order valence-electron chi connectivity index (χ4n) is 3.84.